The maximum Gasteiger partial charge on any atom is 0.361 e. The Labute approximate surface area is 179 Å². The smallest absolute Gasteiger partial charge is 0.361 e. The van der Waals surface area contributed by atoms with E-state index in [0.29, 0.717) is 23.3 Å². The average molecular weight is 436 g/mol. The summed E-state index contributed by atoms with van der Waals surface area (Å²) in [6, 6.07) is 5.32. The number of hydrogen-bond acceptors (Lipinski definition) is 8. The molecule has 0 saturated heterocycles. The van der Waals surface area contributed by atoms with Crippen LogP contribution in [0.4, 0.5) is 11.8 Å². The number of anilines is 2. The van der Waals surface area contributed by atoms with Gasteiger partial charge in [-0.1, -0.05) is 13.3 Å². The summed E-state index contributed by atoms with van der Waals surface area (Å²) in [5.74, 6) is 1.61. The van der Waals surface area contributed by atoms with Gasteiger partial charge in [-0.25, -0.2) is 4.98 Å². The Morgan fingerprint density at radius 3 is 2.43 bits per heavy atom. The Morgan fingerprint density at radius 1 is 1.13 bits per heavy atom. The van der Waals surface area contributed by atoms with Gasteiger partial charge >= 0.3 is 7.60 Å². The normalized spacial score (nSPS) is 11.5. The highest BCUT2D eigenvalue weighted by Crippen LogP contribution is 2.47. The van der Waals surface area contributed by atoms with Crippen LogP contribution < -0.4 is 21.1 Å². The van der Waals surface area contributed by atoms with Crippen LogP contribution in [0, 0.1) is 6.92 Å². The van der Waals surface area contributed by atoms with Crippen molar-refractivity contribution in [2.24, 2.45) is 0 Å². The van der Waals surface area contributed by atoms with Crippen LogP contribution in [-0.2, 0) is 20.0 Å². The van der Waals surface area contributed by atoms with Crippen LogP contribution in [0.25, 0.3) is 0 Å². The molecule has 0 aliphatic carbocycles. The van der Waals surface area contributed by atoms with Crippen LogP contribution in [0.1, 0.15) is 50.4 Å². The topological polar surface area (TPSA) is 109 Å². The summed E-state index contributed by atoms with van der Waals surface area (Å²) in [5, 5.41) is 3.86. The summed E-state index contributed by atoms with van der Waals surface area (Å²) < 4.78 is 29.8. The number of nitrogens with two attached hydrogens (primary N) is 1. The van der Waals surface area contributed by atoms with Crippen LogP contribution in [-0.4, -0.2) is 36.8 Å². The summed E-state index contributed by atoms with van der Waals surface area (Å²) in [4.78, 5) is 8.72. The molecule has 0 spiro atoms. The number of nitrogen functional groups attached to an aromatic ring is 1. The van der Waals surface area contributed by atoms with Gasteiger partial charge in [0.2, 0.25) is 5.95 Å². The van der Waals surface area contributed by atoms with Gasteiger partial charge in [0.1, 0.15) is 11.6 Å². The number of nitrogens with one attached hydrogen (secondary N) is 1. The fraction of sp³-hybridized carbons (Fsp3) is 0.524. The van der Waals surface area contributed by atoms with E-state index in [2.05, 4.69) is 22.2 Å². The number of benzene rings is 1. The Morgan fingerprint density at radius 2 is 1.83 bits per heavy atom. The molecule has 1 aromatic carbocycles. The van der Waals surface area contributed by atoms with Crippen molar-refractivity contribution in [3.63, 3.8) is 0 Å². The summed E-state index contributed by atoms with van der Waals surface area (Å²) in [6.45, 7) is 8.98. The first-order chi connectivity index (χ1) is 14.4. The highest BCUT2D eigenvalue weighted by Gasteiger charge is 2.28. The molecule has 0 fully saturated rings. The lowest BCUT2D eigenvalue weighted by Gasteiger charge is -2.20. The number of aromatic nitrogens is 2. The molecule has 0 aliphatic rings. The summed E-state index contributed by atoms with van der Waals surface area (Å²) >= 11 is 0. The lowest BCUT2D eigenvalue weighted by molar-refractivity contribution is 0.230. The highest BCUT2D eigenvalue weighted by molar-refractivity contribution is 7.62. The molecule has 30 heavy (non-hydrogen) atoms. The molecule has 1 aromatic heterocycles. The van der Waals surface area contributed by atoms with Gasteiger partial charge in [-0.2, -0.15) is 4.98 Å². The van der Waals surface area contributed by atoms with Crippen molar-refractivity contribution in [1.82, 2.24) is 9.97 Å². The van der Waals surface area contributed by atoms with Crippen molar-refractivity contribution in [3.05, 3.63) is 35.0 Å². The number of aryl methyl sites for hydroxylation is 1. The van der Waals surface area contributed by atoms with E-state index in [9.17, 15) is 4.57 Å². The van der Waals surface area contributed by atoms with Crippen molar-refractivity contribution in [2.45, 2.75) is 47.0 Å². The molecule has 8 nitrogen and oxygen atoms in total. The van der Waals surface area contributed by atoms with Crippen LogP contribution in [0.15, 0.2) is 18.2 Å². The largest absolute Gasteiger partial charge is 0.496 e. The first kappa shape index (κ1) is 24.1. The molecule has 0 radical (unpaired) electrons. The predicted octanol–water partition coefficient (Wildman–Crippen LogP) is 4.07. The molecule has 0 amide bonds. The minimum Gasteiger partial charge on any atom is -0.496 e. The highest BCUT2D eigenvalue weighted by atomic mass is 31.2. The Balaban J connectivity index is 2.48. The molecule has 9 heteroatoms. The van der Waals surface area contributed by atoms with Crippen LogP contribution >= 0.6 is 7.60 Å². The van der Waals surface area contributed by atoms with Gasteiger partial charge in [-0.3, -0.25) is 4.57 Å². The number of rotatable bonds is 12. The molecule has 2 aromatic rings. The molecule has 0 unspecified atom stereocenters. The van der Waals surface area contributed by atoms with E-state index >= 15 is 0 Å². The van der Waals surface area contributed by atoms with E-state index < -0.39 is 7.60 Å². The summed E-state index contributed by atoms with van der Waals surface area (Å²) in [5.41, 5.74) is 8.41. The standard InChI is InChI=1S/C21H33N4O4P/c1-6-9-12-23-20-18(15(4)24-21(22)25-20)14-16-13-17(10-11-19(16)27-5)30(26,28-7-2)29-8-3/h10-11,13H,6-9,12,14H2,1-5H3,(H3,22,23,24,25). The van der Waals surface area contributed by atoms with E-state index in [4.69, 9.17) is 19.5 Å². The lowest BCUT2D eigenvalue weighted by Crippen LogP contribution is -2.14. The monoisotopic (exact) mass is 436 g/mol. The second-order valence-electron chi connectivity index (χ2n) is 6.78. The molecule has 0 aliphatic heterocycles. The predicted molar refractivity (Wildman–Crippen MR) is 121 cm³/mol. The third-order valence-corrected chi connectivity index (χ3v) is 6.71. The number of nitrogens with zero attached hydrogens (tertiary/aromatic N) is 2. The molecule has 166 valence electrons. The molecular formula is C21H33N4O4P. The van der Waals surface area contributed by atoms with Crippen molar-refractivity contribution in [1.29, 1.82) is 0 Å². The fourth-order valence-corrected chi connectivity index (χ4v) is 4.77. The van der Waals surface area contributed by atoms with Gasteiger partial charge < -0.3 is 24.8 Å². The lowest BCUT2D eigenvalue weighted by atomic mass is 10.0. The number of methoxy groups -OCH3 is 1. The molecule has 0 atom stereocenters. The second kappa shape index (κ2) is 11.3. The second-order valence-corrected chi connectivity index (χ2v) is 8.81. The molecule has 1 heterocycles. The Kier molecular flexibility index (Phi) is 9.08. The molecule has 3 N–H and O–H groups in total. The maximum absolute atomic E-state index is 13.2. The number of ether oxygens (including phenoxy) is 1. The quantitative estimate of drug-likeness (QED) is 0.379. The van der Waals surface area contributed by atoms with E-state index in [-0.39, 0.29) is 19.2 Å². The van der Waals surface area contributed by atoms with E-state index in [1.54, 1.807) is 33.1 Å². The molecule has 0 saturated carbocycles. The fourth-order valence-electron chi connectivity index (χ4n) is 3.15. The van der Waals surface area contributed by atoms with Gasteiger partial charge in [0, 0.05) is 24.2 Å². The summed E-state index contributed by atoms with van der Waals surface area (Å²) in [7, 11) is -1.80. The molecule has 0 bridgehead atoms. The zero-order chi connectivity index (χ0) is 22.1. The average Bonchev–Trinajstić information content (AvgIpc) is 2.71. The van der Waals surface area contributed by atoms with Crippen LogP contribution in [0.2, 0.25) is 0 Å². The minimum absolute atomic E-state index is 0.230. The third kappa shape index (κ3) is 5.94. The number of unbranched alkanes of at least 4 members (excludes halogenated alkanes) is 1. The van der Waals surface area contributed by atoms with Crippen LogP contribution in [0.3, 0.4) is 0 Å². The van der Waals surface area contributed by atoms with Crippen molar-refractivity contribution in [3.8, 4) is 5.75 Å². The maximum atomic E-state index is 13.2. The van der Waals surface area contributed by atoms with Gasteiger partial charge in [0.25, 0.3) is 0 Å². The third-order valence-electron chi connectivity index (χ3n) is 4.60. The Bertz CT molecular complexity index is 882. The van der Waals surface area contributed by atoms with E-state index in [1.807, 2.05) is 13.0 Å². The molecule has 2 rings (SSSR count). The SMILES string of the molecule is CCCCNc1nc(N)nc(C)c1Cc1cc(P(=O)(OCC)OCC)ccc1OC. The zero-order valence-electron chi connectivity index (χ0n) is 18.5. The van der Waals surface area contributed by atoms with Crippen molar-refractivity contribution >= 4 is 24.7 Å². The van der Waals surface area contributed by atoms with Gasteiger partial charge in [0.05, 0.1) is 25.6 Å². The van der Waals surface area contributed by atoms with Gasteiger partial charge in [-0.05, 0) is 51.0 Å². The zero-order valence-corrected chi connectivity index (χ0v) is 19.4. The van der Waals surface area contributed by atoms with E-state index in [1.165, 1.54) is 0 Å². The van der Waals surface area contributed by atoms with Gasteiger partial charge in [-0.15, -0.1) is 0 Å². The first-order valence-corrected chi connectivity index (χ1v) is 11.9. The van der Waals surface area contributed by atoms with Crippen LogP contribution in [0.5, 0.6) is 5.75 Å². The summed E-state index contributed by atoms with van der Waals surface area (Å²) in [6.07, 6.45) is 2.57. The minimum atomic E-state index is -3.41. The Hall–Kier alpha value is -2.15. The van der Waals surface area contributed by atoms with Crippen molar-refractivity contribution < 1.29 is 18.3 Å². The van der Waals surface area contributed by atoms with E-state index in [0.717, 1.165) is 36.2 Å². The number of hydrogen-bond donors (Lipinski definition) is 2. The molecular weight excluding hydrogens is 403 g/mol. The van der Waals surface area contributed by atoms with Crippen molar-refractivity contribution in [2.75, 3.05) is 37.9 Å². The first-order valence-electron chi connectivity index (χ1n) is 10.3. The van der Waals surface area contributed by atoms with Gasteiger partial charge in [0.15, 0.2) is 0 Å².